The normalized spacial score (nSPS) is 13.6. The van der Waals surface area contributed by atoms with Gasteiger partial charge in [-0.05, 0) is 29.3 Å². The monoisotopic (exact) mass is 276 g/mol. The maximum atomic E-state index is 13.9. The summed E-state index contributed by atoms with van der Waals surface area (Å²) in [6, 6.07) is 2.67. The lowest BCUT2D eigenvalue weighted by atomic mass is 10.0. The Kier molecular flexibility index (Phi) is 2.86. The minimum absolute atomic E-state index is 0.0549. The van der Waals surface area contributed by atoms with E-state index in [1.54, 1.807) is 0 Å². The van der Waals surface area contributed by atoms with Gasteiger partial charge in [-0.15, -0.1) is 10.2 Å². The number of aromatic amines is 1. The summed E-state index contributed by atoms with van der Waals surface area (Å²) in [5.74, 6) is -1.62. The highest BCUT2D eigenvalue weighted by Gasteiger charge is 2.19. The van der Waals surface area contributed by atoms with Crippen molar-refractivity contribution >= 4 is 23.2 Å². The van der Waals surface area contributed by atoms with E-state index in [1.165, 1.54) is 12.1 Å². The first-order valence-corrected chi connectivity index (χ1v) is 5.80. The van der Waals surface area contributed by atoms with Crippen LogP contribution in [-0.4, -0.2) is 32.4 Å². The van der Waals surface area contributed by atoms with Crippen LogP contribution < -0.4 is 10.6 Å². The summed E-state index contributed by atoms with van der Waals surface area (Å²) >= 11 is 0. The lowest BCUT2D eigenvalue weighted by molar-refractivity contribution is -0.116. The number of H-pyrrole nitrogens is 1. The minimum Gasteiger partial charge on any atom is -0.326 e. The molecule has 0 fully saturated rings. The summed E-state index contributed by atoms with van der Waals surface area (Å²) in [7, 11) is 0. The number of rotatable bonds is 2. The zero-order valence-electron chi connectivity index (χ0n) is 10.1. The van der Waals surface area contributed by atoms with Gasteiger partial charge in [-0.3, -0.25) is 9.59 Å². The van der Waals surface area contributed by atoms with Gasteiger partial charge in [0.15, 0.2) is 0 Å². The smallest absolute Gasteiger partial charge is 0.297 e. The lowest BCUT2D eigenvalue weighted by Gasteiger charge is -2.18. The van der Waals surface area contributed by atoms with E-state index in [4.69, 9.17) is 0 Å². The highest BCUT2D eigenvalue weighted by atomic mass is 19.1. The fourth-order valence-electron chi connectivity index (χ4n) is 1.93. The molecule has 8 nitrogen and oxygen atoms in total. The predicted molar refractivity (Wildman–Crippen MR) is 65.5 cm³/mol. The zero-order chi connectivity index (χ0) is 14.1. The number of halogens is 1. The molecule has 2 amide bonds. The molecule has 1 aliphatic rings. The molecule has 3 rings (SSSR count). The van der Waals surface area contributed by atoms with Gasteiger partial charge in [0.05, 0.1) is 5.69 Å². The van der Waals surface area contributed by atoms with Crippen LogP contribution in [0.25, 0.3) is 0 Å². The Morgan fingerprint density at radius 3 is 2.95 bits per heavy atom. The van der Waals surface area contributed by atoms with E-state index in [0.29, 0.717) is 24.1 Å². The fraction of sp³-hybridized carbons (Fsp3) is 0.182. The second-order valence-electron chi connectivity index (χ2n) is 4.23. The Labute approximate surface area is 111 Å². The van der Waals surface area contributed by atoms with Crippen molar-refractivity contribution in [1.29, 1.82) is 0 Å². The fourth-order valence-corrected chi connectivity index (χ4v) is 1.93. The summed E-state index contributed by atoms with van der Waals surface area (Å²) in [5, 5.41) is 17.3. The molecule has 2 aromatic rings. The molecule has 102 valence electrons. The Balaban J connectivity index is 1.88. The molecular weight excluding hydrogens is 267 g/mol. The van der Waals surface area contributed by atoms with Crippen LogP contribution in [0, 0.1) is 5.82 Å². The van der Waals surface area contributed by atoms with Crippen LogP contribution in [-0.2, 0) is 11.2 Å². The van der Waals surface area contributed by atoms with Gasteiger partial charge >= 0.3 is 0 Å². The number of hydrogen-bond acceptors (Lipinski definition) is 5. The number of nitrogens with one attached hydrogen (secondary N) is 3. The molecule has 9 heteroatoms. The van der Waals surface area contributed by atoms with Crippen molar-refractivity contribution in [3.05, 3.63) is 29.3 Å². The van der Waals surface area contributed by atoms with Crippen LogP contribution in [0.3, 0.4) is 0 Å². The molecular formula is C11H9FN6O2. The quantitative estimate of drug-likeness (QED) is 0.738. The molecule has 0 saturated carbocycles. The first-order chi connectivity index (χ1) is 9.63. The zero-order valence-corrected chi connectivity index (χ0v) is 10.1. The molecule has 1 aromatic heterocycles. The number of amides is 2. The maximum absolute atomic E-state index is 13.9. The van der Waals surface area contributed by atoms with Gasteiger partial charge in [0.2, 0.25) is 5.91 Å². The van der Waals surface area contributed by atoms with Gasteiger partial charge in [-0.2, -0.15) is 5.21 Å². The van der Waals surface area contributed by atoms with Crippen molar-refractivity contribution < 1.29 is 14.0 Å². The molecule has 1 aliphatic heterocycles. The van der Waals surface area contributed by atoms with Crippen LogP contribution in [0.15, 0.2) is 12.1 Å². The number of anilines is 2. The summed E-state index contributed by atoms with van der Waals surface area (Å²) in [6.07, 6.45) is 0.790. The number of aryl methyl sites for hydroxylation is 1. The van der Waals surface area contributed by atoms with Gasteiger partial charge in [-0.1, -0.05) is 0 Å². The van der Waals surface area contributed by atoms with Crippen LogP contribution in [0.4, 0.5) is 15.8 Å². The van der Waals surface area contributed by atoms with E-state index >= 15 is 0 Å². The summed E-state index contributed by atoms with van der Waals surface area (Å²) in [4.78, 5) is 23.0. The highest BCUT2D eigenvalue weighted by molar-refractivity contribution is 6.02. The summed E-state index contributed by atoms with van der Waals surface area (Å²) < 4.78 is 13.9. The standard InChI is InChI=1S/C11H9FN6O2/c12-6-3-5-1-2-9(19)13-7(5)4-8(6)14-11(20)10-15-17-18-16-10/h3-4H,1-2H2,(H,13,19)(H,14,20)(H,15,16,17,18). The third kappa shape index (κ3) is 2.20. The number of aromatic nitrogens is 4. The van der Waals surface area contributed by atoms with Gasteiger partial charge in [0.1, 0.15) is 5.82 Å². The number of tetrazole rings is 1. The van der Waals surface area contributed by atoms with Gasteiger partial charge in [0, 0.05) is 12.1 Å². The van der Waals surface area contributed by atoms with E-state index in [1.807, 2.05) is 0 Å². The lowest BCUT2D eigenvalue weighted by Crippen LogP contribution is -2.20. The second kappa shape index (κ2) is 4.68. The van der Waals surface area contributed by atoms with Crippen molar-refractivity contribution in [2.75, 3.05) is 10.6 Å². The Bertz CT molecular complexity index is 684. The predicted octanol–water partition coefficient (Wildman–Crippen LogP) is 0.476. The number of fused-ring (bicyclic) bond motifs is 1. The van der Waals surface area contributed by atoms with Crippen LogP contribution in [0.2, 0.25) is 0 Å². The van der Waals surface area contributed by atoms with Gasteiger partial charge < -0.3 is 10.6 Å². The number of hydrogen-bond donors (Lipinski definition) is 3. The molecule has 0 aliphatic carbocycles. The topological polar surface area (TPSA) is 113 Å². The number of benzene rings is 1. The molecule has 0 radical (unpaired) electrons. The van der Waals surface area contributed by atoms with Gasteiger partial charge in [-0.25, -0.2) is 4.39 Å². The van der Waals surface area contributed by atoms with Crippen molar-refractivity contribution in [3.8, 4) is 0 Å². The van der Waals surface area contributed by atoms with Crippen molar-refractivity contribution in [1.82, 2.24) is 20.6 Å². The molecule has 0 unspecified atom stereocenters. The van der Waals surface area contributed by atoms with Crippen LogP contribution >= 0.6 is 0 Å². The van der Waals surface area contributed by atoms with Crippen molar-refractivity contribution in [2.24, 2.45) is 0 Å². The highest BCUT2D eigenvalue weighted by Crippen LogP contribution is 2.28. The van der Waals surface area contributed by atoms with E-state index < -0.39 is 11.7 Å². The summed E-state index contributed by atoms with van der Waals surface area (Å²) in [5.41, 5.74) is 1.13. The van der Waals surface area contributed by atoms with E-state index in [0.717, 1.165) is 0 Å². The van der Waals surface area contributed by atoms with Crippen LogP contribution in [0.5, 0.6) is 0 Å². The van der Waals surface area contributed by atoms with Gasteiger partial charge in [0.25, 0.3) is 11.7 Å². The minimum atomic E-state index is -0.695. The third-order valence-electron chi connectivity index (χ3n) is 2.89. The Morgan fingerprint density at radius 2 is 2.20 bits per heavy atom. The molecule has 0 spiro atoms. The molecule has 0 bridgehead atoms. The first-order valence-electron chi connectivity index (χ1n) is 5.80. The average Bonchev–Trinajstić information content (AvgIpc) is 2.94. The second-order valence-corrected chi connectivity index (χ2v) is 4.23. The third-order valence-corrected chi connectivity index (χ3v) is 2.89. The Hall–Kier alpha value is -2.84. The van der Waals surface area contributed by atoms with Crippen molar-refractivity contribution in [2.45, 2.75) is 12.8 Å². The summed E-state index contributed by atoms with van der Waals surface area (Å²) in [6.45, 7) is 0. The molecule has 1 aromatic carbocycles. The molecule has 0 atom stereocenters. The largest absolute Gasteiger partial charge is 0.326 e. The van der Waals surface area contributed by atoms with E-state index in [-0.39, 0.29) is 17.4 Å². The Morgan fingerprint density at radius 1 is 1.35 bits per heavy atom. The number of nitrogens with zero attached hydrogens (tertiary/aromatic N) is 3. The molecule has 0 saturated heterocycles. The number of carbonyl (C=O) groups is 2. The number of carbonyl (C=O) groups excluding carboxylic acids is 2. The first kappa shape index (κ1) is 12.2. The average molecular weight is 276 g/mol. The van der Waals surface area contributed by atoms with E-state index in [9.17, 15) is 14.0 Å². The van der Waals surface area contributed by atoms with Crippen LogP contribution in [0.1, 0.15) is 22.6 Å². The van der Waals surface area contributed by atoms with Crippen molar-refractivity contribution in [3.63, 3.8) is 0 Å². The molecule has 2 heterocycles. The molecule has 20 heavy (non-hydrogen) atoms. The van der Waals surface area contributed by atoms with E-state index in [2.05, 4.69) is 31.3 Å². The molecule has 3 N–H and O–H groups in total. The maximum Gasteiger partial charge on any atom is 0.297 e. The SMILES string of the molecule is O=C1CCc2cc(F)c(NC(=O)c3nn[nH]n3)cc2N1.